The molecule has 10 N–H and O–H groups in total. The van der Waals surface area contributed by atoms with Crippen LogP contribution in [0.5, 0.6) is 23.0 Å². The average molecular weight is 1640 g/mol. The number of methoxy groups -OCH3 is 1. The van der Waals surface area contributed by atoms with E-state index >= 15 is 0 Å². The number of carbonyl (C=O) groups excluding carboxylic acids is 4. The summed E-state index contributed by atoms with van der Waals surface area (Å²) in [7, 11) is 9.54. The fraction of sp³-hybridized carbons (Fsp3) is 0.443. The number of phenols is 3. The van der Waals surface area contributed by atoms with E-state index in [1.807, 2.05) is 43.4 Å². The molecule has 8 bridgehead atoms. The van der Waals surface area contributed by atoms with E-state index in [1.54, 1.807) is 73.3 Å². The van der Waals surface area contributed by atoms with Crippen LogP contribution in [0, 0.1) is 0 Å². The minimum atomic E-state index is -1.08. The van der Waals surface area contributed by atoms with Crippen molar-refractivity contribution in [2.24, 2.45) is 7.05 Å². The molecule has 0 spiro atoms. The van der Waals surface area contributed by atoms with Crippen molar-refractivity contribution in [3.63, 3.8) is 0 Å². The third-order valence-corrected chi connectivity index (χ3v) is 31.4. The highest BCUT2D eigenvalue weighted by Gasteiger charge is 2.69. The number of benzene rings is 5. The van der Waals surface area contributed by atoms with Gasteiger partial charge in [-0.05, 0) is 278 Å². The number of carbonyl (C=O) groups is 4. The molecule has 4 aliphatic heterocycles. The van der Waals surface area contributed by atoms with E-state index in [1.165, 1.54) is 38.8 Å². The van der Waals surface area contributed by atoms with Crippen LogP contribution in [0.3, 0.4) is 0 Å². The molecule has 12 aliphatic rings. The van der Waals surface area contributed by atoms with Crippen molar-refractivity contribution in [1.29, 1.82) is 0 Å². The number of phenolic OH excluding ortho intramolecular Hbond substituents is 3. The fourth-order valence-corrected chi connectivity index (χ4v) is 25.1. The van der Waals surface area contributed by atoms with Gasteiger partial charge in [-0.2, -0.15) is 0 Å². The summed E-state index contributed by atoms with van der Waals surface area (Å²) in [6.07, 6.45) is 10.4. The van der Waals surface area contributed by atoms with Gasteiger partial charge >= 0.3 is 0 Å². The Morgan fingerprint density at radius 3 is 1.12 bits per heavy atom. The zero-order valence-corrected chi connectivity index (χ0v) is 70.0. The number of rotatable bonds is 8. The van der Waals surface area contributed by atoms with Gasteiger partial charge in [-0.3, -0.25) is 43.3 Å². The van der Waals surface area contributed by atoms with Crippen LogP contribution in [0.4, 0.5) is 0 Å². The summed E-state index contributed by atoms with van der Waals surface area (Å²) in [5.74, 6) is 0.316. The second-order valence-electron chi connectivity index (χ2n) is 37.2. The maximum Gasteiger partial charge on any atom is 0.261 e. The summed E-state index contributed by atoms with van der Waals surface area (Å²) in [4.78, 5) is 116. The first kappa shape index (κ1) is 81.5. The number of aromatic hydroxyl groups is 3. The number of pyridine rings is 4. The lowest BCUT2D eigenvalue weighted by molar-refractivity contribution is -0.151. The SMILES string of the molecule is CC(=O)c1cc2c([nH]c1=O)C[C@]13CCN(C)[C@H](Cc4ccc(O)cc41)[C@]3(O)C2.CC(=O)c1cc2c([nH]c1=O)C[C@]13CCN(CCc4ccccc4)[C@H](Cc4ccc(O)cc41)[C@]3(O)C2.CC(=O)c1cc2c(n(C)c1=O)C[C@]13CCN(C)[C@H](Cc4ccc(O)cc41)[C@]3(O)C2.COc1ccc2c(c1)[C@]13CCN(C)[C@H](C2)[C@]1(O)Cc1cc(C(C)=O)c(=O)[nH]c1C3. The lowest BCUT2D eigenvalue weighted by atomic mass is 9.49. The number of hydrogen-bond donors (Lipinski definition) is 10. The summed E-state index contributed by atoms with van der Waals surface area (Å²) >= 11 is 0. The van der Waals surface area contributed by atoms with Crippen molar-refractivity contribution in [2.45, 2.75) is 205 Å². The van der Waals surface area contributed by atoms with Crippen molar-refractivity contribution in [1.82, 2.24) is 39.1 Å². The predicted molar refractivity (Wildman–Crippen MR) is 454 cm³/mol. The number of piperidine rings is 4. The second-order valence-corrected chi connectivity index (χ2v) is 37.2. The monoisotopic (exact) mass is 1640 g/mol. The van der Waals surface area contributed by atoms with Crippen molar-refractivity contribution in [3.8, 4) is 23.0 Å². The Balaban J connectivity index is 0.000000111. The Morgan fingerprint density at radius 1 is 0.397 bits per heavy atom. The molecule has 121 heavy (non-hydrogen) atoms. The number of H-pyrrole nitrogens is 3. The third-order valence-electron chi connectivity index (χ3n) is 31.4. The standard InChI is InChI=1S/C29H30N2O4.2C23H26N2O4.C22H24N2O4/c1-18(32)23-13-21-16-29(35)26-14-20-7-8-22(33)15-24(20)28(29,17-25(21)30-27(23)34)10-12-31(26)11-9-19-5-3-2-4-6-19;1-13(26)17-8-15-11-23(28)20-9-14-4-5-16(29-3)10-18(14)22(23,6-7-25(20)2)12-19(15)24-21(17)27;1-13(26)17-8-15-11-23(29)20-9-14-4-5-16(27)10-18(14)22(23,6-7-24(20)2)12-19(15)25(3)21(17)28;1-12(25)16-7-14-10-22(28)19-8-13-3-4-15(26)9-17(13)21(22,5-6-24(19)2)11-18(14)23-20(16)27/h2-8,13,15,26,33,35H,9-12,14,16-17H2,1H3,(H,30,34);4-5,8,10,20,28H,6-7,9,11-12H2,1-3H3,(H,24,27);4-5,8,10,20,27,29H,6-7,9,11-12H2,1-3H3;3-4,7,9,19,26,28H,5-6,8,10-11H2,1-2H3,(H,23,27)/t26-,28-,29-;2*20-,22-,23-;19-,21-,22-/m1111/s1. The number of Topliss-reactive ketones (excluding diaryl/α,β-unsaturated/α-hetero) is 4. The number of fused-ring (bicyclic) bond motifs is 8. The third kappa shape index (κ3) is 12.3. The number of nitrogens with zero attached hydrogens (tertiary/aromatic N) is 5. The van der Waals surface area contributed by atoms with Crippen molar-refractivity contribution < 1.29 is 59.7 Å². The summed E-state index contributed by atoms with van der Waals surface area (Å²) in [5, 5.41) is 79.9. The molecule has 21 rings (SSSR count). The Hall–Kier alpha value is -10.5. The number of ketones is 4. The molecule has 5 aromatic carbocycles. The number of nitrogens with one attached hydrogen (secondary N) is 3. The van der Waals surface area contributed by atoms with E-state index in [-0.39, 0.29) is 109 Å². The maximum atomic E-state index is 12.8. The van der Waals surface area contributed by atoms with E-state index in [4.69, 9.17) is 4.74 Å². The lowest BCUT2D eigenvalue weighted by Crippen LogP contribution is -2.74. The number of aliphatic hydroxyl groups is 4. The van der Waals surface area contributed by atoms with Gasteiger partial charge in [0.1, 0.15) is 23.0 Å². The first-order valence-electron chi connectivity index (χ1n) is 42.5. The van der Waals surface area contributed by atoms with Gasteiger partial charge in [0.15, 0.2) is 23.1 Å². The van der Waals surface area contributed by atoms with Gasteiger partial charge in [0.2, 0.25) is 0 Å². The van der Waals surface area contributed by atoms with Gasteiger partial charge < -0.3 is 74.7 Å². The van der Waals surface area contributed by atoms with Crippen LogP contribution in [0.15, 0.2) is 147 Å². The largest absolute Gasteiger partial charge is 0.508 e. The van der Waals surface area contributed by atoms with Gasteiger partial charge in [0.05, 0.1) is 51.8 Å². The molecule has 4 fully saturated rings. The van der Waals surface area contributed by atoms with Gasteiger partial charge in [0, 0.05) is 134 Å². The summed E-state index contributed by atoms with van der Waals surface area (Å²) < 4.78 is 7.08. The van der Waals surface area contributed by atoms with Crippen LogP contribution >= 0.6 is 0 Å². The quantitative estimate of drug-likeness (QED) is 0.0674. The molecule has 0 radical (unpaired) electrons. The molecule has 0 amide bonds. The summed E-state index contributed by atoms with van der Waals surface area (Å²) in [6, 6.07) is 39.5. The number of likely N-dealkylation sites (tertiary alicyclic amines) is 4. The summed E-state index contributed by atoms with van der Waals surface area (Å²) in [5.41, 5.74) is 9.70. The average Bonchev–Trinajstić information content (AvgIpc) is 0.698. The highest BCUT2D eigenvalue weighted by Crippen LogP contribution is 2.62. The van der Waals surface area contributed by atoms with Crippen molar-refractivity contribution in [2.75, 3.05) is 61.0 Å². The maximum absolute atomic E-state index is 12.8. The predicted octanol–water partition coefficient (Wildman–Crippen LogP) is 7.17. The molecule has 24 nitrogen and oxygen atoms in total. The molecule has 9 aromatic rings. The minimum Gasteiger partial charge on any atom is -0.508 e. The smallest absolute Gasteiger partial charge is 0.261 e. The van der Waals surface area contributed by atoms with Gasteiger partial charge in [-0.15, -0.1) is 0 Å². The Kier molecular flexibility index (Phi) is 19.6. The highest BCUT2D eigenvalue weighted by molar-refractivity contribution is 5.95. The van der Waals surface area contributed by atoms with Crippen molar-refractivity contribution >= 4 is 23.1 Å². The Labute approximate surface area is 700 Å². The topological polar surface area (TPSA) is 353 Å². The molecule has 4 aromatic heterocycles. The summed E-state index contributed by atoms with van der Waals surface area (Å²) in [6.45, 7) is 9.84. The van der Waals surface area contributed by atoms with Gasteiger partial charge in [-0.25, -0.2) is 0 Å². The van der Waals surface area contributed by atoms with Crippen LogP contribution in [-0.2, 0) is 112 Å². The molecular formula is C97H106N8O16. The first-order chi connectivity index (χ1) is 57.5. The first-order valence-corrected chi connectivity index (χ1v) is 42.5. The van der Waals surface area contributed by atoms with Crippen LogP contribution in [-0.4, -0.2) is 206 Å². The zero-order chi connectivity index (χ0) is 85.5. The van der Waals surface area contributed by atoms with E-state index in [9.17, 15) is 74.1 Å². The van der Waals surface area contributed by atoms with E-state index < -0.39 is 44.1 Å². The van der Waals surface area contributed by atoms with Crippen LogP contribution in [0.1, 0.15) is 190 Å². The number of hydrogen-bond acceptors (Lipinski definition) is 20. The van der Waals surface area contributed by atoms with E-state index in [0.717, 1.165) is 161 Å². The molecular weight excluding hydrogens is 1530 g/mol. The van der Waals surface area contributed by atoms with E-state index in [2.05, 4.69) is 85.0 Å². The zero-order valence-electron chi connectivity index (χ0n) is 70.0. The van der Waals surface area contributed by atoms with Crippen LogP contribution in [0.2, 0.25) is 0 Å². The molecule has 8 heterocycles. The lowest BCUT2D eigenvalue weighted by Gasteiger charge is -2.63. The number of aromatic amines is 3. The van der Waals surface area contributed by atoms with Crippen molar-refractivity contribution in [3.05, 3.63) is 286 Å². The highest BCUT2D eigenvalue weighted by atomic mass is 16.5. The number of likely N-dealkylation sites (N-methyl/N-ethyl adjacent to an activating group) is 3. The fourth-order valence-electron chi connectivity index (χ4n) is 25.1. The minimum absolute atomic E-state index is 0.0157. The van der Waals surface area contributed by atoms with Gasteiger partial charge in [-0.1, -0.05) is 54.6 Å². The molecule has 0 unspecified atom stereocenters. The Bertz CT molecular complexity index is 6130. The normalized spacial score (nSPS) is 29.4. The number of aromatic nitrogens is 4. The molecule has 24 heteroatoms. The Morgan fingerprint density at radius 2 is 0.736 bits per heavy atom. The van der Waals surface area contributed by atoms with Gasteiger partial charge in [0.25, 0.3) is 22.2 Å². The number of ether oxygens (including phenoxy) is 1. The molecule has 12 atom stereocenters. The van der Waals surface area contributed by atoms with Crippen LogP contribution in [0.25, 0.3) is 0 Å². The van der Waals surface area contributed by atoms with Crippen LogP contribution < -0.4 is 27.0 Å². The molecule has 630 valence electrons. The molecule has 4 saturated heterocycles. The molecule has 0 saturated carbocycles. The molecule has 8 aliphatic carbocycles. The van der Waals surface area contributed by atoms with E-state index in [0.29, 0.717) is 70.6 Å². The second kappa shape index (κ2) is 29.1.